The van der Waals surface area contributed by atoms with Gasteiger partial charge in [0.25, 0.3) is 5.91 Å². The molecule has 0 saturated heterocycles. The van der Waals surface area contributed by atoms with Gasteiger partial charge in [0.1, 0.15) is 4.88 Å². The third-order valence-corrected chi connectivity index (χ3v) is 4.64. The van der Waals surface area contributed by atoms with Gasteiger partial charge in [-0.1, -0.05) is 0 Å². The van der Waals surface area contributed by atoms with E-state index >= 15 is 0 Å². The second-order valence-electron chi connectivity index (χ2n) is 4.93. The molecule has 0 radical (unpaired) electrons. The lowest BCUT2D eigenvalue weighted by Crippen LogP contribution is -2.44. The molecule has 1 heterocycles. The van der Waals surface area contributed by atoms with Gasteiger partial charge in [-0.3, -0.25) is 4.79 Å². The predicted molar refractivity (Wildman–Crippen MR) is 73.8 cm³/mol. The summed E-state index contributed by atoms with van der Waals surface area (Å²) in [7, 11) is 0. The normalized spacial score (nSPS) is 23.9. The predicted octanol–water partition coefficient (Wildman–Crippen LogP) is 2.18. The van der Waals surface area contributed by atoms with Crippen LogP contribution in [-0.2, 0) is 0 Å². The molecule has 0 spiro atoms. The summed E-state index contributed by atoms with van der Waals surface area (Å²) in [6.07, 6.45) is 4.10. The van der Waals surface area contributed by atoms with Crippen molar-refractivity contribution in [2.24, 2.45) is 5.73 Å². The third-order valence-electron chi connectivity index (χ3n) is 3.72. The van der Waals surface area contributed by atoms with Crippen LogP contribution in [-0.4, -0.2) is 34.4 Å². The number of nitrogens with two attached hydrogens (primary N) is 1. The highest BCUT2D eigenvalue weighted by atomic mass is 32.1. The maximum atomic E-state index is 12.5. The molecule has 2 rings (SSSR count). The number of aromatic nitrogens is 1. The van der Waals surface area contributed by atoms with E-state index in [9.17, 15) is 4.79 Å². The highest BCUT2D eigenvalue weighted by Gasteiger charge is 2.28. The van der Waals surface area contributed by atoms with Crippen LogP contribution in [0.25, 0.3) is 0 Å². The second kappa shape index (κ2) is 5.80. The molecule has 0 atom stereocenters. The summed E-state index contributed by atoms with van der Waals surface area (Å²) in [5.74, 6) is 0.137. The van der Waals surface area contributed by atoms with Crippen molar-refractivity contribution in [2.75, 3.05) is 6.54 Å². The van der Waals surface area contributed by atoms with Gasteiger partial charge in [-0.2, -0.15) is 0 Å². The Morgan fingerprint density at radius 3 is 2.67 bits per heavy atom. The van der Waals surface area contributed by atoms with Gasteiger partial charge in [0.2, 0.25) is 0 Å². The number of rotatable bonds is 3. The smallest absolute Gasteiger partial charge is 0.266 e. The molecule has 1 amide bonds. The van der Waals surface area contributed by atoms with Gasteiger partial charge in [-0.25, -0.2) is 4.98 Å². The topological polar surface area (TPSA) is 59.2 Å². The van der Waals surface area contributed by atoms with E-state index in [4.69, 9.17) is 5.73 Å². The first kappa shape index (κ1) is 13.5. The molecule has 18 heavy (non-hydrogen) atoms. The molecule has 0 aliphatic heterocycles. The van der Waals surface area contributed by atoms with Gasteiger partial charge in [-0.15, -0.1) is 11.3 Å². The van der Waals surface area contributed by atoms with Gasteiger partial charge in [0.05, 0.1) is 11.2 Å². The fourth-order valence-electron chi connectivity index (χ4n) is 2.62. The largest absolute Gasteiger partial charge is 0.335 e. The molecule has 1 saturated carbocycles. The lowest BCUT2D eigenvalue weighted by molar-refractivity contribution is 0.0644. The van der Waals surface area contributed by atoms with Gasteiger partial charge in [0, 0.05) is 18.6 Å². The standard InChI is InChI=1S/C13H21N3OS/c1-3-16(11-6-4-10(14)5-7-11)13(17)12-9(2)15-8-18-12/h8,10-11H,3-7,14H2,1-2H3. The Hall–Kier alpha value is -0.940. The Balaban J connectivity index is 2.09. The van der Waals surface area contributed by atoms with Crippen LogP contribution in [0.3, 0.4) is 0 Å². The number of carbonyl (C=O) groups is 1. The van der Waals surface area contributed by atoms with Crippen molar-refractivity contribution >= 4 is 17.2 Å². The van der Waals surface area contributed by atoms with E-state index in [1.807, 2.05) is 18.7 Å². The number of hydrogen-bond donors (Lipinski definition) is 1. The molecule has 1 aromatic rings. The molecule has 1 aliphatic rings. The number of carbonyl (C=O) groups excluding carboxylic acids is 1. The van der Waals surface area contributed by atoms with E-state index in [0.717, 1.165) is 42.8 Å². The Morgan fingerprint density at radius 2 is 2.17 bits per heavy atom. The minimum atomic E-state index is 0.137. The van der Waals surface area contributed by atoms with E-state index in [0.29, 0.717) is 12.1 Å². The van der Waals surface area contributed by atoms with Crippen molar-refractivity contribution in [1.82, 2.24) is 9.88 Å². The van der Waals surface area contributed by atoms with Gasteiger partial charge < -0.3 is 10.6 Å². The van der Waals surface area contributed by atoms with E-state index in [2.05, 4.69) is 4.98 Å². The van der Waals surface area contributed by atoms with Gasteiger partial charge >= 0.3 is 0 Å². The Labute approximate surface area is 112 Å². The van der Waals surface area contributed by atoms with Crippen molar-refractivity contribution in [3.63, 3.8) is 0 Å². The summed E-state index contributed by atoms with van der Waals surface area (Å²) in [5, 5.41) is 0. The second-order valence-corrected chi connectivity index (χ2v) is 5.78. The van der Waals surface area contributed by atoms with Crippen LogP contribution in [0.15, 0.2) is 5.51 Å². The zero-order valence-electron chi connectivity index (χ0n) is 11.1. The maximum Gasteiger partial charge on any atom is 0.266 e. The Morgan fingerprint density at radius 1 is 1.50 bits per heavy atom. The quantitative estimate of drug-likeness (QED) is 0.913. The summed E-state index contributed by atoms with van der Waals surface area (Å²) >= 11 is 1.44. The molecule has 2 N–H and O–H groups in total. The molecule has 5 heteroatoms. The minimum Gasteiger partial charge on any atom is -0.335 e. The molecule has 100 valence electrons. The van der Waals surface area contributed by atoms with Gasteiger partial charge in [0.15, 0.2) is 0 Å². The molecule has 0 aromatic carbocycles. The van der Waals surface area contributed by atoms with Crippen molar-refractivity contribution in [1.29, 1.82) is 0 Å². The van der Waals surface area contributed by atoms with Gasteiger partial charge in [-0.05, 0) is 39.5 Å². The molecule has 1 aromatic heterocycles. The highest BCUT2D eigenvalue weighted by molar-refractivity contribution is 7.11. The van der Waals surface area contributed by atoms with Crippen molar-refractivity contribution in [3.8, 4) is 0 Å². The minimum absolute atomic E-state index is 0.137. The summed E-state index contributed by atoms with van der Waals surface area (Å²) in [6, 6.07) is 0.670. The molecule has 1 fully saturated rings. The van der Waals surface area contributed by atoms with E-state index < -0.39 is 0 Å². The summed E-state index contributed by atoms with van der Waals surface area (Å²) in [4.78, 5) is 19.4. The number of nitrogens with zero attached hydrogens (tertiary/aromatic N) is 2. The van der Waals surface area contributed by atoms with E-state index in [-0.39, 0.29) is 5.91 Å². The number of aryl methyl sites for hydroxylation is 1. The van der Waals surface area contributed by atoms with Crippen LogP contribution < -0.4 is 5.73 Å². The lowest BCUT2D eigenvalue weighted by Gasteiger charge is -2.35. The molecule has 4 nitrogen and oxygen atoms in total. The third kappa shape index (κ3) is 2.72. The van der Waals surface area contributed by atoms with Crippen LogP contribution in [0.1, 0.15) is 48.0 Å². The lowest BCUT2D eigenvalue weighted by atomic mass is 9.90. The van der Waals surface area contributed by atoms with Crippen LogP contribution in [0.5, 0.6) is 0 Å². The first-order valence-electron chi connectivity index (χ1n) is 6.60. The first-order chi connectivity index (χ1) is 8.63. The van der Waals surface area contributed by atoms with Crippen molar-refractivity contribution < 1.29 is 4.79 Å². The average molecular weight is 267 g/mol. The number of amides is 1. The average Bonchev–Trinajstić information content (AvgIpc) is 2.78. The summed E-state index contributed by atoms with van der Waals surface area (Å²) < 4.78 is 0. The maximum absolute atomic E-state index is 12.5. The van der Waals surface area contributed by atoms with E-state index in [1.165, 1.54) is 11.3 Å². The zero-order chi connectivity index (χ0) is 13.1. The molecular weight excluding hydrogens is 246 g/mol. The highest BCUT2D eigenvalue weighted by Crippen LogP contribution is 2.25. The van der Waals surface area contributed by atoms with Crippen molar-refractivity contribution in [3.05, 3.63) is 16.1 Å². The summed E-state index contributed by atoms with van der Waals surface area (Å²) in [6.45, 7) is 4.70. The zero-order valence-corrected chi connectivity index (χ0v) is 11.9. The summed E-state index contributed by atoms with van der Waals surface area (Å²) in [5.41, 5.74) is 8.51. The molecule has 1 aliphatic carbocycles. The Kier molecular flexibility index (Phi) is 4.35. The van der Waals surface area contributed by atoms with Crippen LogP contribution >= 0.6 is 11.3 Å². The van der Waals surface area contributed by atoms with Crippen LogP contribution in [0, 0.1) is 6.92 Å². The first-order valence-corrected chi connectivity index (χ1v) is 7.48. The number of thiazole rings is 1. The Bertz CT molecular complexity index is 410. The monoisotopic (exact) mass is 267 g/mol. The van der Waals surface area contributed by atoms with Crippen LogP contribution in [0.2, 0.25) is 0 Å². The van der Waals surface area contributed by atoms with Crippen molar-refractivity contribution in [2.45, 2.75) is 51.6 Å². The molecule has 0 bridgehead atoms. The van der Waals surface area contributed by atoms with E-state index in [1.54, 1.807) is 5.51 Å². The SMILES string of the molecule is CCN(C(=O)c1scnc1C)C1CCC(N)CC1. The molecular formula is C13H21N3OS. The van der Waals surface area contributed by atoms with Crippen LogP contribution in [0.4, 0.5) is 0 Å². The fraction of sp³-hybridized carbons (Fsp3) is 0.692. The number of hydrogen-bond acceptors (Lipinski definition) is 4. The fourth-order valence-corrected chi connectivity index (χ4v) is 3.38. The molecule has 0 unspecified atom stereocenters.